The molecule has 0 bridgehead atoms. The van der Waals surface area contributed by atoms with Crippen LogP contribution in [0.15, 0.2) is 18.2 Å². The quantitative estimate of drug-likeness (QED) is 0.716. The molecule has 0 atom stereocenters. The Morgan fingerprint density at radius 3 is 2.56 bits per heavy atom. The first-order valence-electron chi connectivity index (χ1n) is 5.31. The van der Waals surface area contributed by atoms with Crippen LogP contribution in [0.1, 0.15) is 26.3 Å². The van der Waals surface area contributed by atoms with Crippen molar-refractivity contribution in [2.45, 2.75) is 6.92 Å². The highest BCUT2D eigenvalue weighted by Gasteiger charge is 2.33. The maximum absolute atomic E-state index is 11.8. The largest absolute Gasteiger partial charge is 0.507 e. The lowest BCUT2D eigenvalue weighted by Gasteiger charge is -2.10. The second-order valence-electron chi connectivity index (χ2n) is 4.17. The molecule has 4 nitrogen and oxygen atoms in total. The minimum Gasteiger partial charge on any atom is -0.507 e. The number of fused-ring (bicyclic) bond motifs is 3. The number of imide groups is 1. The molecule has 0 aromatic heterocycles. The van der Waals surface area contributed by atoms with Crippen molar-refractivity contribution in [3.8, 4) is 5.75 Å². The molecule has 18 heavy (non-hydrogen) atoms. The highest BCUT2D eigenvalue weighted by Crippen LogP contribution is 2.40. The third-order valence-corrected chi connectivity index (χ3v) is 3.50. The maximum Gasteiger partial charge on any atom is 0.259 e. The van der Waals surface area contributed by atoms with Gasteiger partial charge in [0.05, 0.1) is 16.1 Å². The number of rotatable bonds is 0. The molecule has 2 N–H and O–H groups in total. The van der Waals surface area contributed by atoms with Gasteiger partial charge in [0.2, 0.25) is 0 Å². The Morgan fingerprint density at radius 2 is 1.83 bits per heavy atom. The number of benzene rings is 2. The number of aromatic hydroxyl groups is 1. The van der Waals surface area contributed by atoms with E-state index in [0.717, 1.165) is 0 Å². The Bertz CT molecular complexity index is 737. The van der Waals surface area contributed by atoms with Gasteiger partial charge in [-0.2, -0.15) is 0 Å². The van der Waals surface area contributed by atoms with Gasteiger partial charge in [0.1, 0.15) is 5.75 Å². The van der Waals surface area contributed by atoms with Crippen LogP contribution in [-0.4, -0.2) is 16.9 Å². The smallest absolute Gasteiger partial charge is 0.259 e. The molecule has 0 saturated carbocycles. The van der Waals surface area contributed by atoms with Crippen LogP contribution in [0, 0.1) is 6.92 Å². The van der Waals surface area contributed by atoms with E-state index >= 15 is 0 Å². The molecular weight excluding hydrogens is 254 g/mol. The topological polar surface area (TPSA) is 66.4 Å². The van der Waals surface area contributed by atoms with Crippen molar-refractivity contribution in [3.63, 3.8) is 0 Å². The summed E-state index contributed by atoms with van der Waals surface area (Å²) in [5, 5.41) is 13.6. The molecule has 1 aliphatic rings. The summed E-state index contributed by atoms with van der Waals surface area (Å²) >= 11 is 6.04. The van der Waals surface area contributed by atoms with Gasteiger partial charge < -0.3 is 5.11 Å². The van der Waals surface area contributed by atoms with Gasteiger partial charge >= 0.3 is 0 Å². The van der Waals surface area contributed by atoms with Crippen molar-refractivity contribution in [1.82, 2.24) is 5.32 Å². The predicted molar refractivity (Wildman–Crippen MR) is 67.2 cm³/mol. The molecule has 0 radical (unpaired) electrons. The van der Waals surface area contributed by atoms with Gasteiger partial charge in [0, 0.05) is 16.3 Å². The van der Waals surface area contributed by atoms with E-state index in [9.17, 15) is 14.7 Å². The molecule has 0 aliphatic carbocycles. The first kappa shape index (κ1) is 11.0. The number of phenolic OH excluding ortho intramolecular Hbond substituents is 1. The molecule has 90 valence electrons. The van der Waals surface area contributed by atoms with E-state index in [0.29, 0.717) is 21.4 Å². The van der Waals surface area contributed by atoms with Gasteiger partial charge in [-0.1, -0.05) is 23.7 Å². The minimum atomic E-state index is -0.482. The summed E-state index contributed by atoms with van der Waals surface area (Å²) in [6.45, 7) is 1.59. The Balaban J connectivity index is 2.62. The lowest BCUT2D eigenvalue weighted by Crippen LogP contribution is -2.20. The van der Waals surface area contributed by atoms with Gasteiger partial charge in [-0.15, -0.1) is 0 Å². The highest BCUT2D eigenvalue weighted by atomic mass is 35.5. The van der Waals surface area contributed by atoms with Crippen LogP contribution in [0.2, 0.25) is 5.02 Å². The first-order valence-corrected chi connectivity index (χ1v) is 5.69. The third-order valence-electron chi connectivity index (χ3n) is 3.18. The Hall–Kier alpha value is -2.07. The number of nitrogens with one attached hydrogen (secondary N) is 1. The summed E-state index contributed by atoms with van der Waals surface area (Å²) in [6, 6.07) is 4.97. The fraction of sp³-hybridized carbons (Fsp3) is 0.0769. The molecule has 0 spiro atoms. The summed E-state index contributed by atoms with van der Waals surface area (Å²) in [6.07, 6.45) is 0. The standard InChI is InChI=1S/C13H8ClNO3/c1-5-8-10(13(18)15-12(8)17)6-3-2-4-7(14)9(6)11(5)16/h2-4,16H,1H3,(H,15,17,18). The molecule has 2 amide bonds. The van der Waals surface area contributed by atoms with Crippen LogP contribution in [-0.2, 0) is 0 Å². The van der Waals surface area contributed by atoms with Crippen molar-refractivity contribution in [1.29, 1.82) is 0 Å². The molecule has 1 heterocycles. The number of amides is 2. The van der Waals surface area contributed by atoms with Gasteiger partial charge in [-0.25, -0.2) is 0 Å². The summed E-state index contributed by atoms with van der Waals surface area (Å²) in [7, 11) is 0. The highest BCUT2D eigenvalue weighted by molar-refractivity contribution is 6.38. The zero-order valence-corrected chi connectivity index (χ0v) is 10.1. The van der Waals surface area contributed by atoms with E-state index < -0.39 is 11.8 Å². The van der Waals surface area contributed by atoms with Crippen LogP contribution >= 0.6 is 11.6 Å². The number of hydrogen-bond acceptors (Lipinski definition) is 3. The first-order chi connectivity index (χ1) is 8.52. The Labute approximate surface area is 107 Å². The molecule has 0 unspecified atom stereocenters. The van der Waals surface area contributed by atoms with E-state index in [4.69, 9.17) is 11.6 Å². The fourth-order valence-corrected chi connectivity index (χ4v) is 2.61. The van der Waals surface area contributed by atoms with Crippen LogP contribution in [0.5, 0.6) is 5.75 Å². The fourth-order valence-electron chi connectivity index (χ4n) is 2.35. The number of phenols is 1. The summed E-state index contributed by atoms with van der Waals surface area (Å²) in [5.41, 5.74) is 0.883. The van der Waals surface area contributed by atoms with Crippen molar-refractivity contribution < 1.29 is 14.7 Å². The average molecular weight is 262 g/mol. The van der Waals surface area contributed by atoms with E-state index in [1.807, 2.05) is 0 Å². The van der Waals surface area contributed by atoms with E-state index in [-0.39, 0.29) is 16.9 Å². The number of carbonyl (C=O) groups is 2. The zero-order valence-electron chi connectivity index (χ0n) is 9.37. The molecule has 2 aromatic carbocycles. The van der Waals surface area contributed by atoms with Crippen LogP contribution in [0.4, 0.5) is 0 Å². The summed E-state index contributed by atoms with van der Waals surface area (Å²) in [4.78, 5) is 23.5. The molecule has 1 aliphatic heterocycles. The van der Waals surface area contributed by atoms with Crippen molar-refractivity contribution in [2.75, 3.05) is 0 Å². The molecule has 3 rings (SSSR count). The summed E-state index contributed by atoms with van der Waals surface area (Å²) in [5.74, 6) is -0.991. The predicted octanol–water partition coefficient (Wildman–Crippen LogP) is 2.39. The van der Waals surface area contributed by atoms with E-state index in [2.05, 4.69) is 5.32 Å². The summed E-state index contributed by atoms with van der Waals surface area (Å²) < 4.78 is 0. The Kier molecular flexibility index (Phi) is 2.12. The maximum atomic E-state index is 11.8. The van der Waals surface area contributed by atoms with Crippen molar-refractivity contribution in [2.24, 2.45) is 0 Å². The average Bonchev–Trinajstić information content (AvgIpc) is 2.61. The van der Waals surface area contributed by atoms with Gasteiger partial charge in [0.15, 0.2) is 0 Å². The lowest BCUT2D eigenvalue weighted by molar-refractivity contribution is 0.0880. The molecule has 0 saturated heterocycles. The van der Waals surface area contributed by atoms with Crippen LogP contribution in [0.25, 0.3) is 10.8 Å². The van der Waals surface area contributed by atoms with Gasteiger partial charge in [-0.3, -0.25) is 14.9 Å². The van der Waals surface area contributed by atoms with Gasteiger partial charge in [0.25, 0.3) is 11.8 Å². The monoisotopic (exact) mass is 261 g/mol. The third kappa shape index (κ3) is 1.21. The number of halogens is 1. The Morgan fingerprint density at radius 1 is 1.17 bits per heavy atom. The van der Waals surface area contributed by atoms with Crippen LogP contribution < -0.4 is 5.32 Å². The normalized spacial score (nSPS) is 13.9. The van der Waals surface area contributed by atoms with E-state index in [1.165, 1.54) is 0 Å². The minimum absolute atomic E-state index is 0.0563. The van der Waals surface area contributed by atoms with Crippen LogP contribution in [0.3, 0.4) is 0 Å². The zero-order chi connectivity index (χ0) is 13.0. The second kappa shape index (κ2) is 3.46. The molecule has 0 fully saturated rings. The SMILES string of the molecule is Cc1c2c(c3cccc(Cl)c3c1O)C(=O)NC2=O. The molecule has 2 aromatic rings. The molecule has 5 heteroatoms. The number of carbonyl (C=O) groups excluding carboxylic acids is 2. The lowest BCUT2D eigenvalue weighted by atomic mass is 9.95. The van der Waals surface area contributed by atoms with Crippen molar-refractivity contribution in [3.05, 3.63) is 39.9 Å². The second-order valence-corrected chi connectivity index (χ2v) is 4.58. The van der Waals surface area contributed by atoms with Gasteiger partial charge in [-0.05, 0) is 13.0 Å². The van der Waals surface area contributed by atoms with E-state index in [1.54, 1.807) is 25.1 Å². The molecular formula is C13H8ClNO3. The number of hydrogen-bond donors (Lipinski definition) is 2. The van der Waals surface area contributed by atoms with Crippen molar-refractivity contribution >= 4 is 34.2 Å².